The maximum Gasteiger partial charge on any atom is 0.326 e. The van der Waals surface area contributed by atoms with Gasteiger partial charge in [-0.25, -0.2) is 4.98 Å². The van der Waals surface area contributed by atoms with Crippen molar-refractivity contribution in [1.29, 1.82) is 0 Å². The van der Waals surface area contributed by atoms with Crippen LogP contribution in [0.3, 0.4) is 0 Å². The van der Waals surface area contributed by atoms with Crippen molar-refractivity contribution >= 4 is 34.7 Å². The molecule has 0 saturated heterocycles. The molecule has 0 unspecified atom stereocenters. The van der Waals surface area contributed by atoms with Crippen molar-refractivity contribution in [3.8, 4) is 0 Å². The molecule has 3 aromatic rings. The fraction of sp³-hybridized carbons (Fsp3) is 0.318. The summed E-state index contributed by atoms with van der Waals surface area (Å²) in [6.45, 7) is 4.01. The molecule has 3 rings (SSSR count). The van der Waals surface area contributed by atoms with Crippen LogP contribution in [0.25, 0.3) is 11.0 Å². The lowest BCUT2D eigenvalue weighted by Crippen LogP contribution is -2.36. The number of aryl methyl sites for hydroxylation is 1. The molecule has 1 aromatic heterocycles. The van der Waals surface area contributed by atoms with Gasteiger partial charge in [-0.3, -0.25) is 9.59 Å². The molecular weight excluding hydrogens is 386 g/mol. The summed E-state index contributed by atoms with van der Waals surface area (Å²) < 4.78 is 7.22. The first-order chi connectivity index (χ1) is 14.0. The number of fused-ring (bicyclic) bond motifs is 1. The first-order valence-corrected chi connectivity index (χ1v) is 10.8. The lowest BCUT2D eigenvalue weighted by Gasteiger charge is -2.15. The van der Waals surface area contributed by atoms with E-state index in [1.54, 1.807) is 18.7 Å². The minimum atomic E-state index is -0.869. The average molecular weight is 412 g/mol. The maximum absolute atomic E-state index is 12.5. The normalized spacial score (nSPS) is 12.0. The Bertz CT molecular complexity index is 998. The number of imidazole rings is 1. The summed E-state index contributed by atoms with van der Waals surface area (Å²) in [5, 5.41) is 2.81. The molecule has 0 aliphatic carbocycles. The number of ether oxygens (including phenoxy) is 1. The number of amides is 1. The topological polar surface area (TPSA) is 73.2 Å². The van der Waals surface area contributed by atoms with E-state index in [0.717, 1.165) is 28.0 Å². The van der Waals surface area contributed by atoms with Crippen LogP contribution in [0.5, 0.6) is 0 Å². The molecule has 0 bridgehead atoms. The number of hydrogen-bond acceptors (Lipinski definition) is 5. The van der Waals surface area contributed by atoms with E-state index in [-0.39, 0.29) is 12.5 Å². The third-order valence-corrected chi connectivity index (χ3v) is 5.11. The zero-order chi connectivity index (χ0) is 20.8. The molecule has 7 heteroatoms. The summed E-state index contributed by atoms with van der Waals surface area (Å²) in [5.41, 5.74) is 3.88. The molecule has 1 amide bonds. The van der Waals surface area contributed by atoms with E-state index in [1.165, 1.54) is 0 Å². The van der Waals surface area contributed by atoms with Crippen molar-refractivity contribution in [2.45, 2.75) is 38.8 Å². The standard InChI is InChI=1S/C22H25N3O3S/c1-15-8-10-17(11-9-15)12-23-22(27)16(2)28-21(26)13-25-19-7-5-4-6-18(19)24-20(25)14-29-3/h4-11,16H,12-14H2,1-3H3,(H,23,27)/t16-/m0/s1. The van der Waals surface area contributed by atoms with Crippen molar-refractivity contribution < 1.29 is 14.3 Å². The van der Waals surface area contributed by atoms with Crippen LogP contribution in [-0.2, 0) is 33.2 Å². The van der Waals surface area contributed by atoms with Crippen LogP contribution in [0.15, 0.2) is 48.5 Å². The first kappa shape index (κ1) is 20.9. The first-order valence-electron chi connectivity index (χ1n) is 9.43. The minimum Gasteiger partial charge on any atom is -0.451 e. The summed E-state index contributed by atoms with van der Waals surface area (Å²) >= 11 is 1.64. The third-order valence-electron chi connectivity index (χ3n) is 4.56. The van der Waals surface area contributed by atoms with E-state index < -0.39 is 12.1 Å². The number of esters is 1. The van der Waals surface area contributed by atoms with E-state index in [9.17, 15) is 9.59 Å². The molecule has 1 atom stereocenters. The number of carbonyl (C=O) groups is 2. The van der Waals surface area contributed by atoms with Gasteiger partial charge in [-0.05, 0) is 37.8 Å². The Balaban J connectivity index is 1.60. The predicted octanol–water partition coefficient (Wildman–Crippen LogP) is 3.46. The number of hydrogen-bond donors (Lipinski definition) is 1. The summed E-state index contributed by atoms with van der Waals surface area (Å²) in [5.74, 6) is 0.716. The van der Waals surface area contributed by atoms with E-state index in [0.29, 0.717) is 12.3 Å². The van der Waals surface area contributed by atoms with E-state index in [1.807, 2.05) is 66.3 Å². The molecule has 152 valence electrons. The number of aromatic nitrogens is 2. The van der Waals surface area contributed by atoms with Crippen molar-refractivity contribution in [3.05, 3.63) is 65.5 Å². The van der Waals surface area contributed by atoms with Gasteiger partial charge in [0.25, 0.3) is 5.91 Å². The molecule has 0 fully saturated rings. The maximum atomic E-state index is 12.5. The molecule has 29 heavy (non-hydrogen) atoms. The van der Waals surface area contributed by atoms with Crippen molar-refractivity contribution in [1.82, 2.24) is 14.9 Å². The molecule has 0 saturated carbocycles. The molecule has 1 heterocycles. The summed E-state index contributed by atoms with van der Waals surface area (Å²) in [6.07, 6.45) is 1.12. The number of rotatable bonds is 8. The lowest BCUT2D eigenvalue weighted by molar-refractivity contribution is -0.155. The van der Waals surface area contributed by atoms with Crippen LogP contribution in [0, 0.1) is 6.92 Å². The van der Waals surface area contributed by atoms with Gasteiger partial charge in [-0.15, -0.1) is 0 Å². The zero-order valence-electron chi connectivity index (χ0n) is 16.8. The van der Waals surface area contributed by atoms with Crippen LogP contribution in [-0.4, -0.2) is 33.8 Å². The number of benzene rings is 2. The summed E-state index contributed by atoms with van der Waals surface area (Å²) in [6, 6.07) is 15.6. The van der Waals surface area contributed by atoms with Crippen molar-refractivity contribution in [2.24, 2.45) is 0 Å². The second kappa shape index (κ2) is 9.60. The highest BCUT2D eigenvalue weighted by atomic mass is 32.2. The highest BCUT2D eigenvalue weighted by molar-refractivity contribution is 7.97. The van der Waals surface area contributed by atoms with Crippen LogP contribution >= 0.6 is 11.8 Å². The largest absolute Gasteiger partial charge is 0.451 e. The highest BCUT2D eigenvalue weighted by Crippen LogP contribution is 2.19. The van der Waals surface area contributed by atoms with E-state index >= 15 is 0 Å². The fourth-order valence-electron chi connectivity index (χ4n) is 3.00. The average Bonchev–Trinajstić information content (AvgIpc) is 3.04. The predicted molar refractivity (Wildman–Crippen MR) is 116 cm³/mol. The van der Waals surface area contributed by atoms with Crippen LogP contribution in [0.2, 0.25) is 0 Å². The Morgan fingerprint density at radius 3 is 2.62 bits per heavy atom. The van der Waals surface area contributed by atoms with Crippen molar-refractivity contribution in [2.75, 3.05) is 6.26 Å². The van der Waals surface area contributed by atoms with Crippen LogP contribution < -0.4 is 5.32 Å². The van der Waals surface area contributed by atoms with Gasteiger partial charge >= 0.3 is 5.97 Å². The molecule has 0 radical (unpaired) electrons. The second-order valence-electron chi connectivity index (χ2n) is 6.87. The Hall–Kier alpha value is -2.80. The Morgan fingerprint density at radius 2 is 1.90 bits per heavy atom. The molecule has 6 nitrogen and oxygen atoms in total. The fourth-order valence-corrected chi connectivity index (χ4v) is 3.48. The molecule has 0 aliphatic heterocycles. The minimum absolute atomic E-state index is 0.0198. The molecular formula is C22H25N3O3S. The lowest BCUT2D eigenvalue weighted by atomic mass is 10.1. The van der Waals surface area contributed by atoms with E-state index in [2.05, 4.69) is 10.3 Å². The quantitative estimate of drug-likeness (QED) is 0.575. The van der Waals surface area contributed by atoms with E-state index in [4.69, 9.17) is 4.74 Å². The molecule has 2 aromatic carbocycles. The van der Waals surface area contributed by atoms with Gasteiger partial charge in [0.1, 0.15) is 12.4 Å². The zero-order valence-corrected chi connectivity index (χ0v) is 17.7. The number of nitrogens with one attached hydrogen (secondary N) is 1. The van der Waals surface area contributed by atoms with Gasteiger partial charge in [0.15, 0.2) is 6.10 Å². The number of thioether (sulfide) groups is 1. The van der Waals surface area contributed by atoms with Gasteiger partial charge in [0.05, 0.1) is 16.8 Å². The third kappa shape index (κ3) is 5.38. The summed E-state index contributed by atoms with van der Waals surface area (Å²) in [7, 11) is 0. The highest BCUT2D eigenvalue weighted by Gasteiger charge is 2.20. The monoisotopic (exact) mass is 411 g/mol. The van der Waals surface area contributed by atoms with Crippen molar-refractivity contribution in [3.63, 3.8) is 0 Å². The van der Waals surface area contributed by atoms with Gasteiger partial charge in [-0.2, -0.15) is 11.8 Å². The second-order valence-corrected chi connectivity index (χ2v) is 7.74. The molecule has 0 spiro atoms. The number of para-hydroxylation sites is 2. The Labute approximate surface area is 174 Å². The van der Waals surface area contributed by atoms with Gasteiger partial charge in [0, 0.05) is 6.54 Å². The van der Waals surface area contributed by atoms with Gasteiger partial charge < -0.3 is 14.6 Å². The smallest absolute Gasteiger partial charge is 0.326 e. The van der Waals surface area contributed by atoms with Crippen LogP contribution in [0.4, 0.5) is 0 Å². The Morgan fingerprint density at radius 1 is 1.17 bits per heavy atom. The number of carbonyl (C=O) groups excluding carboxylic acids is 2. The molecule has 1 N–H and O–H groups in total. The summed E-state index contributed by atoms with van der Waals surface area (Å²) in [4.78, 5) is 29.4. The van der Waals surface area contributed by atoms with Crippen LogP contribution in [0.1, 0.15) is 23.9 Å². The Kier molecular flexibility index (Phi) is 6.93. The number of nitrogens with zero attached hydrogens (tertiary/aromatic N) is 2. The van der Waals surface area contributed by atoms with Gasteiger partial charge in [-0.1, -0.05) is 42.0 Å². The molecule has 0 aliphatic rings. The SMILES string of the molecule is CSCc1nc2ccccc2n1CC(=O)O[C@@H](C)C(=O)NCc1ccc(C)cc1. The van der Waals surface area contributed by atoms with Gasteiger partial charge in [0.2, 0.25) is 0 Å².